The first-order valence-electron chi connectivity index (χ1n) is 12.6. The topological polar surface area (TPSA) is 0 Å². The summed E-state index contributed by atoms with van der Waals surface area (Å²) in [6.45, 7) is 0. The summed E-state index contributed by atoms with van der Waals surface area (Å²) < 4.78 is 1.29. The van der Waals surface area contributed by atoms with Crippen LogP contribution in [0.2, 0.25) is 0 Å². The fourth-order valence-corrected chi connectivity index (χ4v) is 6.54. The molecule has 0 aliphatic heterocycles. The van der Waals surface area contributed by atoms with Crippen molar-refractivity contribution in [2.75, 3.05) is 0 Å². The molecular weight excluding hydrogens is 559 g/mol. The average molecular weight is 582 g/mol. The molecule has 0 aromatic heterocycles. The van der Waals surface area contributed by atoms with Gasteiger partial charge in [0.2, 0.25) is 0 Å². The molecule has 7 aromatic rings. The molecule has 7 rings (SSSR count). The van der Waals surface area contributed by atoms with Crippen molar-refractivity contribution in [3.63, 3.8) is 0 Å². The summed E-state index contributed by atoms with van der Waals surface area (Å²) in [7, 11) is 0. The van der Waals surface area contributed by atoms with Crippen molar-refractivity contribution in [2.45, 2.75) is 0 Å². The van der Waals surface area contributed by atoms with Gasteiger partial charge in [-0.15, -0.1) is 0 Å². The molecule has 174 valence electrons. The van der Waals surface area contributed by atoms with E-state index in [0.29, 0.717) is 0 Å². The number of rotatable bonds is 3. The van der Waals surface area contributed by atoms with E-state index in [-0.39, 0.29) is 0 Å². The van der Waals surface area contributed by atoms with Crippen molar-refractivity contribution in [2.24, 2.45) is 0 Å². The van der Waals surface area contributed by atoms with Crippen LogP contribution in [0, 0.1) is 3.57 Å². The van der Waals surface area contributed by atoms with Crippen LogP contribution < -0.4 is 0 Å². The summed E-state index contributed by atoms with van der Waals surface area (Å²) in [5.74, 6) is 0. The molecule has 0 amide bonds. The van der Waals surface area contributed by atoms with Gasteiger partial charge in [0.25, 0.3) is 0 Å². The first-order chi connectivity index (χ1) is 18.3. The normalized spacial score (nSPS) is 11.4. The Morgan fingerprint density at radius 1 is 0.324 bits per heavy atom. The molecule has 1 heteroatoms. The molecule has 0 saturated heterocycles. The highest BCUT2D eigenvalue weighted by Gasteiger charge is 2.16. The van der Waals surface area contributed by atoms with Crippen LogP contribution in [0.25, 0.3) is 65.7 Å². The molecule has 0 radical (unpaired) electrons. The Labute approximate surface area is 230 Å². The van der Waals surface area contributed by atoms with Crippen LogP contribution in [0.1, 0.15) is 0 Å². The molecule has 0 N–H and O–H groups in total. The van der Waals surface area contributed by atoms with E-state index in [1.54, 1.807) is 0 Å². The summed E-state index contributed by atoms with van der Waals surface area (Å²) >= 11 is 2.55. The Morgan fingerprint density at radius 2 is 0.919 bits per heavy atom. The first-order valence-corrected chi connectivity index (χ1v) is 13.6. The summed E-state index contributed by atoms with van der Waals surface area (Å²) in [5, 5.41) is 7.72. The van der Waals surface area contributed by atoms with Gasteiger partial charge in [0, 0.05) is 9.13 Å². The Morgan fingerprint density at radius 3 is 1.78 bits per heavy atom. The van der Waals surface area contributed by atoms with Crippen molar-refractivity contribution in [3.05, 3.63) is 143 Å². The lowest BCUT2D eigenvalue weighted by atomic mass is 9.90. The van der Waals surface area contributed by atoms with Crippen molar-refractivity contribution in [1.82, 2.24) is 0 Å². The van der Waals surface area contributed by atoms with Gasteiger partial charge in [-0.2, -0.15) is 0 Å². The van der Waals surface area contributed by atoms with Crippen LogP contribution >= 0.6 is 22.6 Å². The highest BCUT2D eigenvalue weighted by molar-refractivity contribution is 14.1. The second-order valence-corrected chi connectivity index (χ2v) is 10.6. The Kier molecular flexibility index (Phi) is 5.52. The fraction of sp³-hybridized carbons (Fsp3) is 0. The summed E-state index contributed by atoms with van der Waals surface area (Å²) in [6.07, 6.45) is 0. The lowest BCUT2D eigenvalue weighted by molar-refractivity contribution is 1.61. The molecule has 0 atom stereocenters. The van der Waals surface area contributed by atoms with E-state index in [1.165, 1.54) is 69.3 Å². The lowest BCUT2D eigenvalue weighted by Crippen LogP contribution is -1.91. The number of fused-ring (bicyclic) bond motifs is 4. The number of benzene rings is 7. The zero-order chi connectivity index (χ0) is 24.8. The zero-order valence-electron chi connectivity index (χ0n) is 20.2. The highest BCUT2D eigenvalue weighted by Crippen LogP contribution is 2.42. The molecule has 0 fully saturated rings. The molecular formula is C36H23I. The molecule has 0 spiro atoms. The standard InChI is InChI=1S/C36H23I/c37-36-33-16-7-6-15-31(33)32-20-19-29(24-9-2-1-3-10-24)23-34(32)35(36)30-14-8-13-27(22-30)28-18-17-25-11-4-5-12-26(25)21-28/h1-23H. The molecule has 7 aromatic carbocycles. The molecule has 0 aliphatic carbocycles. The SMILES string of the molecule is Ic1c(-c2cccc(-c3ccc4ccccc4c3)c2)c2cc(-c3ccccc3)ccc2c2ccccc12. The van der Waals surface area contributed by atoms with Crippen molar-refractivity contribution >= 4 is 54.9 Å². The smallest absolute Gasteiger partial charge is 0.0293 e. The average Bonchev–Trinajstić information content (AvgIpc) is 2.97. The van der Waals surface area contributed by atoms with Crippen molar-refractivity contribution < 1.29 is 0 Å². The molecule has 0 saturated carbocycles. The van der Waals surface area contributed by atoms with Crippen molar-refractivity contribution in [1.29, 1.82) is 0 Å². The van der Waals surface area contributed by atoms with E-state index in [9.17, 15) is 0 Å². The Hall–Kier alpha value is -3.95. The van der Waals surface area contributed by atoms with Gasteiger partial charge in [-0.3, -0.25) is 0 Å². The molecule has 0 unspecified atom stereocenters. The van der Waals surface area contributed by atoms with Crippen LogP contribution in [-0.4, -0.2) is 0 Å². The molecule has 0 bridgehead atoms. The third-order valence-corrected chi connectivity index (χ3v) is 8.42. The second kappa shape index (κ2) is 9.17. The van der Waals surface area contributed by atoms with Crippen LogP contribution in [0.3, 0.4) is 0 Å². The van der Waals surface area contributed by atoms with Gasteiger partial charge in [0.1, 0.15) is 0 Å². The second-order valence-electron chi connectivity index (χ2n) is 9.50. The van der Waals surface area contributed by atoms with E-state index in [4.69, 9.17) is 0 Å². The van der Waals surface area contributed by atoms with E-state index >= 15 is 0 Å². The van der Waals surface area contributed by atoms with E-state index in [0.717, 1.165) is 0 Å². The minimum Gasteiger partial charge on any atom is -0.0622 e. The fourth-order valence-electron chi connectivity index (χ4n) is 5.46. The van der Waals surface area contributed by atoms with Gasteiger partial charge in [-0.1, -0.05) is 121 Å². The molecule has 0 aliphatic rings. The maximum Gasteiger partial charge on any atom is 0.0293 e. The first kappa shape index (κ1) is 22.3. The van der Waals surface area contributed by atoms with Gasteiger partial charge in [0.05, 0.1) is 0 Å². The molecule has 0 nitrogen and oxygen atoms in total. The number of hydrogen-bond acceptors (Lipinski definition) is 0. The van der Waals surface area contributed by atoms with Gasteiger partial charge in [0.15, 0.2) is 0 Å². The maximum absolute atomic E-state index is 2.55. The predicted molar refractivity (Wildman–Crippen MR) is 168 cm³/mol. The van der Waals surface area contributed by atoms with Gasteiger partial charge in [-0.25, -0.2) is 0 Å². The van der Waals surface area contributed by atoms with Crippen molar-refractivity contribution in [3.8, 4) is 33.4 Å². The number of halogens is 1. The molecule has 37 heavy (non-hydrogen) atoms. The third-order valence-electron chi connectivity index (χ3n) is 7.30. The third kappa shape index (κ3) is 3.91. The maximum atomic E-state index is 2.55. The van der Waals surface area contributed by atoms with Crippen LogP contribution in [0.4, 0.5) is 0 Å². The van der Waals surface area contributed by atoms with Gasteiger partial charge < -0.3 is 0 Å². The molecule has 0 heterocycles. The van der Waals surface area contributed by atoms with Crippen LogP contribution in [0.5, 0.6) is 0 Å². The van der Waals surface area contributed by atoms with E-state index in [1.807, 2.05) is 0 Å². The lowest BCUT2D eigenvalue weighted by Gasteiger charge is -2.16. The summed E-state index contributed by atoms with van der Waals surface area (Å²) in [6, 6.07) is 50.7. The predicted octanol–water partition coefficient (Wildman–Crippen LogP) is 10.8. The largest absolute Gasteiger partial charge is 0.0622 e. The summed E-state index contributed by atoms with van der Waals surface area (Å²) in [4.78, 5) is 0. The van der Waals surface area contributed by atoms with Crippen LogP contribution in [0.15, 0.2) is 140 Å². The minimum atomic E-state index is 1.24. The zero-order valence-corrected chi connectivity index (χ0v) is 22.3. The van der Waals surface area contributed by atoms with E-state index in [2.05, 4.69) is 162 Å². The Balaban J connectivity index is 1.49. The van der Waals surface area contributed by atoms with Gasteiger partial charge >= 0.3 is 0 Å². The highest BCUT2D eigenvalue weighted by atomic mass is 127. The quantitative estimate of drug-likeness (QED) is 0.144. The Bertz CT molecular complexity index is 1930. The minimum absolute atomic E-state index is 1.24. The van der Waals surface area contributed by atoms with E-state index < -0.39 is 0 Å². The number of hydrogen-bond donors (Lipinski definition) is 0. The van der Waals surface area contributed by atoms with Gasteiger partial charge in [-0.05, 0) is 101 Å². The monoisotopic (exact) mass is 582 g/mol. The summed E-state index contributed by atoms with van der Waals surface area (Å²) in [5.41, 5.74) is 7.51. The van der Waals surface area contributed by atoms with Crippen LogP contribution in [-0.2, 0) is 0 Å².